The number of nitrogens with zero attached hydrogens (tertiary/aromatic N) is 1. The van der Waals surface area contributed by atoms with E-state index in [1.165, 1.54) is 25.1 Å². The van der Waals surface area contributed by atoms with Gasteiger partial charge < -0.3 is 5.32 Å². The van der Waals surface area contributed by atoms with Crippen molar-refractivity contribution in [3.05, 3.63) is 28.8 Å². The second kappa shape index (κ2) is 7.41. The maximum atomic E-state index is 12.1. The second-order valence-corrected chi connectivity index (χ2v) is 6.51. The molecular formula is C13H16ClN3O3S. The summed E-state index contributed by atoms with van der Waals surface area (Å²) in [5, 5.41) is 11.4. The Morgan fingerprint density at radius 3 is 2.67 bits per heavy atom. The van der Waals surface area contributed by atoms with Gasteiger partial charge in [0, 0.05) is 6.54 Å². The van der Waals surface area contributed by atoms with Gasteiger partial charge in [-0.05, 0) is 31.5 Å². The van der Waals surface area contributed by atoms with Crippen LogP contribution in [0.5, 0.6) is 0 Å². The average molecular weight is 330 g/mol. The Hall–Kier alpha value is -1.62. The number of carbonyl (C=O) groups excluding carboxylic acids is 1. The van der Waals surface area contributed by atoms with Gasteiger partial charge in [-0.1, -0.05) is 18.5 Å². The Balaban J connectivity index is 2.89. The first-order valence-corrected chi connectivity index (χ1v) is 8.17. The summed E-state index contributed by atoms with van der Waals surface area (Å²) in [6.45, 7) is 3.83. The third-order valence-electron chi connectivity index (χ3n) is 2.65. The molecule has 8 heteroatoms. The van der Waals surface area contributed by atoms with Crippen molar-refractivity contribution in [2.24, 2.45) is 0 Å². The molecule has 1 amide bonds. The van der Waals surface area contributed by atoms with E-state index in [-0.39, 0.29) is 15.5 Å². The molecular weight excluding hydrogens is 314 g/mol. The lowest BCUT2D eigenvalue weighted by molar-refractivity contribution is -0.122. The van der Waals surface area contributed by atoms with Gasteiger partial charge in [-0.3, -0.25) is 4.79 Å². The van der Waals surface area contributed by atoms with E-state index in [9.17, 15) is 13.2 Å². The van der Waals surface area contributed by atoms with E-state index >= 15 is 0 Å². The molecule has 0 aliphatic carbocycles. The van der Waals surface area contributed by atoms with Crippen molar-refractivity contribution in [2.45, 2.75) is 31.2 Å². The highest BCUT2D eigenvalue weighted by atomic mass is 35.5. The van der Waals surface area contributed by atoms with Crippen LogP contribution in [0.4, 0.5) is 0 Å². The predicted molar refractivity (Wildman–Crippen MR) is 79.3 cm³/mol. The normalized spacial score (nSPS) is 12.5. The summed E-state index contributed by atoms with van der Waals surface area (Å²) >= 11 is 5.81. The zero-order chi connectivity index (χ0) is 16.0. The monoisotopic (exact) mass is 329 g/mol. The van der Waals surface area contributed by atoms with Crippen LogP contribution < -0.4 is 10.0 Å². The Morgan fingerprint density at radius 1 is 1.48 bits per heavy atom. The Bertz CT molecular complexity index is 668. The van der Waals surface area contributed by atoms with Gasteiger partial charge in [0.1, 0.15) is 6.07 Å². The molecule has 0 radical (unpaired) electrons. The average Bonchev–Trinajstić information content (AvgIpc) is 2.44. The van der Waals surface area contributed by atoms with Crippen LogP contribution in [0.3, 0.4) is 0 Å². The highest BCUT2D eigenvalue weighted by Gasteiger charge is 2.22. The number of nitrogens with one attached hydrogen (secondary N) is 2. The SMILES string of the molecule is CCCNC(=O)C(C)NS(=O)(=O)c1ccc(C#N)c(Cl)c1. The number of sulfonamides is 1. The van der Waals surface area contributed by atoms with E-state index < -0.39 is 22.0 Å². The van der Waals surface area contributed by atoms with Crippen molar-refractivity contribution in [1.29, 1.82) is 5.26 Å². The zero-order valence-corrected chi connectivity index (χ0v) is 13.3. The number of nitriles is 1. The summed E-state index contributed by atoms with van der Waals surface area (Å²) in [5.41, 5.74) is 0.185. The van der Waals surface area contributed by atoms with Crippen molar-refractivity contribution in [3.63, 3.8) is 0 Å². The van der Waals surface area contributed by atoms with Crippen molar-refractivity contribution < 1.29 is 13.2 Å². The fourth-order valence-electron chi connectivity index (χ4n) is 1.51. The summed E-state index contributed by atoms with van der Waals surface area (Å²) in [7, 11) is -3.88. The highest BCUT2D eigenvalue weighted by Crippen LogP contribution is 2.20. The minimum atomic E-state index is -3.88. The molecule has 1 atom stereocenters. The maximum Gasteiger partial charge on any atom is 0.241 e. The third-order valence-corrected chi connectivity index (χ3v) is 4.50. The van der Waals surface area contributed by atoms with Gasteiger partial charge in [0.2, 0.25) is 15.9 Å². The van der Waals surface area contributed by atoms with Gasteiger partial charge in [-0.2, -0.15) is 9.98 Å². The van der Waals surface area contributed by atoms with Crippen molar-refractivity contribution in [1.82, 2.24) is 10.0 Å². The summed E-state index contributed by atoms with van der Waals surface area (Å²) in [5.74, 6) is -0.403. The Labute approximate surface area is 129 Å². The third kappa shape index (κ3) is 4.70. The first kappa shape index (κ1) is 17.4. The van der Waals surface area contributed by atoms with Crippen LogP contribution >= 0.6 is 11.6 Å². The van der Waals surface area contributed by atoms with E-state index in [0.717, 1.165) is 6.42 Å². The first-order chi connectivity index (χ1) is 9.81. The highest BCUT2D eigenvalue weighted by molar-refractivity contribution is 7.89. The Kier molecular flexibility index (Phi) is 6.15. The summed E-state index contributed by atoms with van der Waals surface area (Å²) in [4.78, 5) is 11.6. The fourth-order valence-corrected chi connectivity index (χ4v) is 3.03. The van der Waals surface area contributed by atoms with Crippen LogP contribution in [0, 0.1) is 11.3 Å². The molecule has 1 aromatic rings. The zero-order valence-electron chi connectivity index (χ0n) is 11.7. The maximum absolute atomic E-state index is 12.1. The molecule has 21 heavy (non-hydrogen) atoms. The van der Waals surface area contributed by atoms with Gasteiger partial charge in [0.15, 0.2) is 0 Å². The van der Waals surface area contributed by atoms with Crippen molar-refractivity contribution in [3.8, 4) is 6.07 Å². The molecule has 0 aromatic heterocycles. The quantitative estimate of drug-likeness (QED) is 0.824. The molecule has 0 spiro atoms. The fraction of sp³-hybridized carbons (Fsp3) is 0.385. The molecule has 0 fully saturated rings. The van der Waals surface area contributed by atoms with E-state index in [0.29, 0.717) is 6.54 Å². The molecule has 1 unspecified atom stereocenters. The van der Waals surface area contributed by atoms with Crippen LogP contribution in [0.25, 0.3) is 0 Å². The molecule has 0 heterocycles. The summed E-state index contributed by atoms with van der Waals surface area (Å²) in [6, 6.07) is 4.70. The lowest BCUT2D eigenvalue weighted by Gasteiger charge is -2.14. The van der Waals surface area contributed by atoms with E-state index in [1.54, 1.807) is 0 Å². The van der Waals surface area contributed by atoms with Crippen molar-refractivity contribution in [2.75, 3.05) is 6.54 Å². The molecule has 1 rings (SSSR count). The molecule has 0 bridgehead atoms. The van der Waals surface area contributed by atoms with Gasteiger partial charge in [-0.15, -0.1) is 0 Å². The largest absolute Gasteiger partial charge is 0.355 e. The number of hydrogen-bond acceptors (Lipinski definition) is 4. The van der Waals surface area contributed by atoms with Crippen molar-refractivity contribution >= 4 is 27.5 Å². The smallest absolute Gasteiger partial charge is 0.241 e. The van der Waals surface area contributed by atoms with Gasteiger partial charge in [-0.25, -0.2) is 8.42 Å². The van der Waals surface area contributed by atoms with E-state index in [2.05, 4.69) is 10.0 Å². The van der Waals surface area contributed by atoms with Crippen LogP contribution in [0.2, 0.25) is 5.02 Å². The number of carbonyl (C=O) groups is 1. The molecule has 0 aliphatic heterocycles. The summed E-state index contributed by atoms with van der Waals surface area (Å²) in [6.07, 6.45) is 0.760. The lowest BCUT2D eigenvalue weighted by atomic mass is 10.2. The molecule has 114 valence electrons. The van der Waals surface area contributed by atoms with Gasteiger partial charge in [0.05, 0.1) is 21.5 Å². The van der Waals surface area contributed by atoms with E-state index in [4.69, 9.17) is 16.9 Å². The topological polar surface area (TPSA) is 99.1 Å². The number of benzene rings is 1. The van der Waals surface area contributed by atoms with Crippen LogP contribution in [0.1, 0.15) is 25.8 Å². The molecule has 1 aromatic carbocycles. The number of amides is 1. The molecule has 0 saturated heterocycles. The molecule has 6 nitrogen and oxygen atoms in total. The predicted octanol–water partition coefficient (Wildman–Crippen LogP) is 1.40. The number of halogens is 1. The van der Waals surface area contributed by atoms with Gasteiger partial charge in [0.25, 0.3) is 0 Å². The minimum Gasteiger partial charge on any atom is -0.355 e. The van der Waals surface area contributed by atoms with Crippen LogP contribution in [-0.2, 0) is 14.8 Å². The molecule has 0 aliphatic rings. The second-order valence-electron chi connectivity index (χ2n) is 4.39. The standard InChI is InChI=1S/C13H16ClN3O3S/c1-3-6-16-13(18)9(2)17-21(19,20)11-5-4-10(8-15)12(14)7-11/h4-5,7,9,17H,3,6H2,1-2H3,(H,16,18). The first-order valence-electron chi connectivity index (χ1n) is 6.31. The minimum absolute atomic E-state index is 0.0449. The molecule has 0 saturated carbocycles. The van der Waals surface area contributed by atoms with Gasteiger partial charge >= 0.3 is 0 Å². The summed E-state index contributed by atoms with van der Waals surface area (Å²) < 4.78 is 26.5. The van der Waals surface area contributed by atoms with E-state index in [1.807, 2.05) is 13.0 Å². The number of rotatable bonds is 6. The van der Waals surface area contributed by atoms with Crippen LogP contribution in [-0.4, -0.2) is 26.9 Å². The lowest BCUT2D eigenvalue weighted by Crippen LogP contribution is -2.44. The molecule has 2 N–H and O–H groups in total. The Morgan fingerprint density at radius 2 is 2.14 bits per heavy atom. The van der Waals surface area contributed by atoms with Crippen LogP contribution in [0.15, 0.2) is 23.1 Å². The number of hydrogen-bond donors (Lipinski definition) is 2.